The second kappa shape index (κ2) is 10.2. The van der Waals surface area contributed by atoms with E-state index in [4.69, 9.17) is 9.47 Å². The van der Waals surface area contributed by atoms with Gasteiger partial charge in [-0.25, -0.2) is 4.98 Å². The van der Waals surface area contributed by atoms with Gasteiger partial charge in [0.25, 0.3) is 5.56 Å². The summed E-state index contributed by atoms with van der Waals surface area (Å²) in [5.74, 6) is 0.368. The number of anilines is 1. The molecule has 0 saturated heterocycles. The Hall–Kier alpha value is -3.47. The molecule has 3 rings (SSSR count). The zero-order valence-electron chi connectivity index (χ0n) is 18.3. The number of amides is 2. The fourth-order valence-corrected chi connectivity index (χ4v) is 3.75. The van der Waals surface area contributed by atoms with E-state index in [1.54, 1.807) is 24.3 Å². The monoisotopic (exact) mass is 459 g/mol. The molecule has 0 spiro atoms. The summed E-state index contributed by atoms with van der Waals surface area (Å²) in [6, 6.07) is 6.78. The Kier molecular flexibility index (Phi) is 7.41. The van der Waals surface area contributed by atoms with Gasteiger partial charge in [-0.2, -0.15) is 4.68 Å². The maximum atomic E-state index is 12.9. The minimum Gasteiger partial charge on any atom is -0.497 e. The van der Waals surface area contributed by atoms with Gasteiger partial charge in [0.05, 0.1) is 31.2 Å². The van der Waals surface area contributed by atoms with Crippen molar-refractivity contribution >= 4 is 40.3 Å². The number of hydrogen-bond donors (Lipinski definition) is 3. The number of ether oxygens (including phenoxy) is 2. The first kappa shape index (κ1) is 23.2. The number of carbonyl (C=O) groups is 2. The molecule has 170 valence electrons. The summed E-state index contributed by atoms with van der Waals surface area (Å²) in [6.07, 6.45) is 0.891. The van der Waals surface area contributed by atoms with Crippen LogP contribution < -0.4 is 25.8 Å². The van der Waals surface area contributed by atoms with Gasteiger partial charge < -0.3 is 19.8 Å². The summed E-state index contributed by atoms with van der Waals surface area (Å²) < 4.78 is 11.5. The summed E-state index contributed by atoms with van der Waals surface area (Å²) >= 11 is 1.04. The van der Waals surface area contributed by atoms with E-state index < -0.39 is 5.56 Å². The number of aromatic amines is 1. The first-order valence-corrected chi connectivity index (χ1v) is 10.9. The third kappa shape index (κ3) is 5.22. The molecule has 1 aromatic carbocycles. The molecule has 2 amide bonds. The van der Waals surface area contributed by atoms with Gasteiger partial charge in [-0.3, -0.25) is 19.8 Å². The van der Waals surface area contributed by atoms with Gasteiger partial charge in [-0.1, -0.05) is 18.7 Å². The van der Waals surface area contributed by atoms with Gasteiger partial charge in [0.15, 0.2) is 5.16 Å². The molecule has 2 heterocycles. The van der Waals surface area contributed by atoms with Crippen molar-refractivity contribution in [1.29, 1.82) is 0 Å². The van der Waals surface area contributed by atoms with Gasteiger partial charge in [-0.05, 0) is 31.5 Å². The van der Waals surface area contributed by atoms with Crippen LogP contribution in [0.2, 0.25) is 0 Å². The summed E-state index contributed by atoms with van der Waals surface area (Å²) in [4.78, 5) is 45.0. The van der Waals surface area contributed by atoms with Crippen LogP contribution in [0, 0.1) is 6.92 Å². The van der Waals surface area contributed by atoms with E-state index in [2.05, 4.69) is 20.7 Å². The van der Waals surface area contributed by atoms with Gasteiger partial charge in [0, 0.05) is 18.2 Å². The SMILES string of the molecule is CCCC(=O)Nn1c(SCC(=O)Nc2ccc(OC)cc2OC)nc2cc(C)[nH]c2c1=O. The summed E-state index contributed by atoms with van der Waals surface area (Å²) in [6.45, 7) is 3.68. The number of aryl methyl sites for hydroxylation is 1. The number of H-pyrrole nitrogens is 1. The van der Waals surface area contributed by atoms with Gasteiger partial charge in [0.1, 0.15) is 17.0 Å². The molecule has 32 heavy (non-hydrogen) atoms. The smallest absolute Gasteiger partial charge is 0.297 e. The van der Waals surface area contributed by atoms with Crippen molar-refractivity contribution in [3.8, 4) is 11.5 Å². The lowest BCUT2D eigenvalue weighted by atomic mass is 10.2. The van der Waals surface area contributed by atoms with Crippen LogP contribution in [0.3, 0.4) is 0 Å². The Morgan fingerprint density at radius 1 is 1.19 bits per heavy atom. The Labute approximate surface area is 188 Å². The number of carbonyl (C=O) groups excluding carboxylic acids is 2. The van der Waals surface area contributed by atoms with Gasteiger partial charge in [0.2, 0.25) is 11.8 Å². The quantitative estimate of drug-likeness (QED) is 0.332. The second-order valence-electron chi connectivity index (χ2n) is 6.94. The van der Waals surface area contributed by atoms with Crippen LogP contribution >= 0.6 is 11.8 Å². The average Bonchev–Trinajstić information content (AvgIpc) is 3.15. The van der Waals surface area contributed by atoms with Crippen LogP contribution in [-0.4, -0.2) is 46.4 Å². The molecule has 0 radical (unpaired) electrons. The third-order valence-corrected chi connectivity index (χ3v) is 5.42. The molecule has 2 aromatic heterocycles. The van der Waals surface area contributed by atoms with Crippen LogP contribution in [0.4, 0.5) is 5.69 Å². The first-order chi connectivity index (χ1) is 15.4. The zero-order chi connectivity index (χ0) is 23.3. The number of methoxy groups -OCH3 is 2. The van der Waals surface area contributed by atoms with E-state index in [-0.39, 0.29) is 34.7 Å². The predicted octanol–water partition coefficient (Wildman–Crippen LogP) is 2.65. The van der Waals surface area contributed by atoms with Crippen molar-refractivity contribution in [2.24, 2.45) is 0 Å². The number of fused-ring (bicyclic) bond motifs is 1. The van der Waals surface area contributed by atoms with E-state index >= 15 is 0 Å². The van der Waals surface area contributed by atoms with E-state index in [9.17, 15) is 14.4 Å². The summed E-state index contributed by atoms with van der Waals surface area (Å²) in [7, 11) is 3.03. The molecule has 3 N–H and O–H groups in total. The fourth-order valence-electron chi connectivity index (χ4n) is 3.00. The van der Waals surface area contributed by atoms with Gasteiger partial charge >= 0.3 is 0 Å². The number of thioether (sulfide) groups is 1. The fraction of sp³-hybridized carbons (Fsp3) is 0.333. The lowest BCUT2D eigenvalue weighted by molar-refractivity contribution is -0.117. The molecule has 0 aliphatic heterocycles. The van der Waals surface area contributed by atoms with Gasteiger partial charge in [-0.15, -0.1) is 0 Å². The molecule has 3 aromatic rings. The van der Waals surface area contributed by atoms with Crippen molar-refractivity contribution in [2.75, 3.05) is 30.7 Å². The van der Waals surface area contributed by atoms with E-state index in [0.717, 1.165) is 22.1 Å². The molecule has 0 saturated carbocycles. The molecule has 11 heteroatoms. The molecule has 10 nitrogen and oxygen atoms in total. The highest BCUT2D eigenvalue weighted by Gasteiger charge is 2.17. The Bertz CT molecular complexity index is 1200. The van der Waals surface area contributed by atoms with Crippen LogP contribution in [-0.2, 0) is 9.59 Å². The third-order valence-electron chi connectivity index (χ3n) is 4.48. The number of benzene rings is 1. The first-order valence-electron chi connectivity index (χ1n) is 9.93. The minimum atomic E-state index is -0.438. The highest BCUT2D eigenvalue weighted by molar-refractivity contribution is 7.99. The van der Waals surface area contributed by atoms with E-state index in [1.807, 2.05) is 13.8 Å². The maximum absolute atomic E-state index is 12.9. The van der Waals surface area contributed by atoms with E-state index in [1.165, 1.54) is 14.2 Å². The highest BCUT2D eigenvalue weighted by atomic mass is 32.2. The number of aromatic nitrogens is 3. The van der Waals surface area contributed by atoms with Crippen LogP contribution in [0.15, 0.2) is 34.2 Å². The molecular weight excluding hydrogens is 434 g/mol. The largest absolute Gasteiger partial charge is 0.497 e. The van der Waals surface area contributed by atoms with E-state index in [0.29, 0.717) is 29.1 Å². The molecule has 0 aliphatic carbocycles. The van der Waals surface area contributed by atoms with Crippen LogP contribution in [0.1, 0.15) is 25.5 Å². The maximum Gasteiger partial charge on any atom is 0.297 e. The van der Waals surface area contributed by atoms with Crippen molar-refractivity contribution in [3.05, 3.63) is 40.3 Å². The van der Waals surface area contributed by atoms with Crippen LogP contribution in [0.5, 0.6) is 11.5 Å². The predicted molar refractivity (Wildman–Crippen MR) is 123 cm³/mol. The molecule has 0 aliphatic rings. The zero-order valence-corrected chi connectivity index (χ0v) is 19.1. The molecule has 0 unspecified atom stereocenters. The standard InChI is InChI=1S/C21H25N5O5S/c1-5-6-17(27)25-26-20(29)19-15(9-12(2)22-19)24-21(26)32-11-18(28)23-14-8-7-13(30-3)10-16(14)31-4/h7-10,22H,5-6,11H2,1-4H3,(H,23,28)(H,25,27). The number of nitrogens with one attached hydrogen (secondary N) is 3. The highest BCUT2D eigenvalue weighted by Crippen LogP contribution is 2.29. The number of hydrogen-bond acceptors (Lipinski definition) is 7. The van der Waals surface area contributed by atoms with Crippen molar-refractivity contribution in [2.45, 2.75) is 31.8 Å². The Morgan fingerprint density at radius 2 is 1.97 bits per heavy atom. The molecular formula is C21H25N5O5S. The number of rotatable bonds is 9. The lowest BCUT2D eigenvalue weighted by Crippen LogP contribution is -2.35. The normalized spacial score (nSPS) is 10.8. The number of nitrogens with zero attached hydrogens (tertiary/aromatic N) is 2. The Balaban J connectivity index is 1.82. The second-order valence-corrected chi connectivity index (χ2v) is 7.88. The Morgan fingerprint density at radius 3 is 2.66 bits per heavy atom. The lowest BCUT2D eigenvalue weighted by Gasteiger charge is -2.14. The molecule has 0 fully saturated rings. The van der Waals surface area contributed by atoms with Crippen molar-refractivity contribution in [1.82, 2.24) is 14.6 Å². The summed E-state index contributed by atoms with van der Waals surface area (Å²) in [5, 5.41) is 2.98. The summed E-state index contributed by atoms with van der Waals surface area (Å²) in [5.41, 5.74) is 4.15. The molecule has 0 bridgehead atoms. The molecule has 0 atom stereocenters. The topological polar surface area (TPSA) is 127 Å². The van der Waals surface area contributed by atoms with Crippen LogP contribution in [0.25, 0.3) is 11.0 Å². The average molecular weight is 460 g/mol. The minimum absolute atomic E-state index is 0.0415. The van der Waals surface area contributed by atoms with Crippen molar-refractivity contribution < 1.29 is 19.1 Å². The van der Waals surface area contributed by atoms with Crippen molar-refractivity contribution in [3.63, 3.8) is 0 Å².